The number of hydrogen-bond acceptors (Lipinski definition) is 3. The average molecular weight is 242 g/mol. The van der Waals surface area contributed by atoms with E-state index in [-0.39, 0.29) is 13.1 Å². The van der Waals surface area contributed by atoms with Gasteiger partial charge in [-0.2, -0.15) is 0 Å². The summed E-state index contributed by atoms with van der Waals surface area (Å²) < 4.78 is 0. The predicted molar refractivity (Wildman–Crippen MR) is 62.4 cm³/mol. The molecule has 6 nitrogen and oxygen atoms in total. The SMILES string of the molecule is C#CCN(CC(=O)O)C(=O)N(C)CC(C)(C)O. The van der Waals surface area contributed by atoms with E-state index in [0.29, 0.717) is 0 Å². The van der Waals surface area contributed by atoms with Gasteiger partial charge in [0.2, 0.25) is 0 Å². The number of aliphatic hydroxyl groups is 1. The second kappa shape index (κ2) is 6.11. The van der Waals surface area contributed by atoms with Crippen molar-refractivity contribution in [3.63, 3.8) is 0 Å². The molecule has 0 radical (unpaired) electrons. The molecule has 0 heterocycles. The molecule has 0 aromatic heterocycles. The molecule has 0 aliphatic carbocycles. The number of carboxylic acid groups (broad SMARTS) is 1. The highest BCUT2D eigenvalue weighted by Gasteiger charge is 2.24. The second-order valence-electron chi connectivity index (χ2n) is 4.40. The van der Waals surface area contributed by atoms with E-state index in [1.165, 1.54) is 11.9 Å². The summed E-state index contributed by atoms with van der Waals surface area (Å²) in [5, 5.41) is 18.2. The van der Waals surface area contributed by atoms with Gasteiger partial charge in [-0.15, -0.1) is 6.42 Å². The molecule has 0 bridgehead atoms. The first kappa shape index (κ1) is 15.3. The maximum absolute atomic E-state index is 11.8. The summed E-state index contributed by atoms with van der Waals surface area (Å²) in [6.07, 6.45) is 5.07. The molecule has 0 aliphatic heterocycles. The van der Waals surface area contributed by atoms with Crippen LogP contribution in [0.5, 0.6) is 0 Å². The Morgan fingerprint density at radius 3 is 2.29 bits per heavy atom. The van der Waals surface area contributed by atoms with Gasteiger partial charge in [0.25, 0.3) is 0 Å². The summed E-state index contributed by atoms with van der Waals surface area (Å²) in [6, 6.07) is -0.521. The lowest BCUT2D eigenvalue weighted by Gasteiger charge is -2.29. The Morgan fingerprint density at radius 2 is 1.94 bits per heavy atom. The van der Waals surface area contributed by atoms with Gasteiger partial charge in [0.15, 0.2) is 0 Å². The normalized spacial score (nSPS) is 10.5. The van der Waals surface area contributed by atoms with Crippen molar-refractivity contribution in [1.29, 1.82) is 0 Å². The summed E-state index contributed by atoms with van der Waals surface area (Å²) in [5.41, 5.74) is -1.05. The zero-order valence-electron chi connectivity index (χ0n) is 10.3. The van der Waals surface area contributed by atoms with Crippen LogP contribution in [0, 0.1) is 12.3 Å². The number of likely N-dealkylation sites (N-methyl/N-ethyl adjacent to an activating group) is 1. The van der Waals surface area contributed by atoms with Crippen LogP contribution in [-0.4, -0.2) is 64.3 Å². The third-order valence-corrected chi connectivity index (χ3v) is 1.83. The number of amides is 2. The molecular formula is C11H18N2O4. The number of carbonyl (C=O) groups is 2. The third-order valence-electron chi connectivity index (χ3n) is 1.83. The fourth-order valence-corrected chi connectivity index (χ4v) is 1.35. The Bertz CT molecular complexity index is 327. The first-order valence-corrected chi connectivity index (χ1v) is 5.05. The summed E-state index contributed by atoms with van der Waals surface area (Å²) >= 11 is 0. The second-order valence-corrected chi connectivity index (χ2v) is 4.40. The first-order chi connectivity index (χ1) is 7.67. The fourth-order valence-electron chi connectivity index (χ4n) is 1.35. The van der Waals surface area contributed by atoms with Gasteiger partial charge in [0, 0.05) is 7.05 Å². The van der Waals surface area contributed by atoms with E-state index in [1.807, 2.05) is 0 Å². The Hall–Kier alpha value is -1.74. The monoisotopic (exact) mass is 242 g/mol. The molecule has 2 N–H and O–H groups in total. The van der Waals surface area contributed by atoms with Gasteiger partial charge in [-0.3, -0.25) is 4.79 Å². The van der Waals surface area contributed by atoms with Crippen LogP contribution < -0.4 is 0 Å². The van der Waals surface area contributed by atoms with E-state index >= 15 is 0 Å². The molecule has 0 fully saturated rings. The van der Waals surface area contributed by atoms with E-state index in [9.17, 15) is 14.7 Å². The quantitative estimate of drug-likeness (QED) is 0.656. The minimum absolute atomic E-state index is 0.0820. The molecule has 0 aromatic rings. The highest BCUT2D eigenvalue weighted by atomic mass is 16.4. The van der Waals surface area contributed by atoms with Crippen LogP contribution >= 0.6 is 0 Å². The summed E-state index contributed by atoms with van der Waals surface area (Å²) in [4.78, 5) is 24.7. The Balaban J connectivity index is 4.61. The molecule has 0 rings (SSSR count). The van der Waals surface area contributed by atoms with Crippen molar-refractivity contribution in [2.45, 2.75) is 19.4 Å². The highest BCUT2D eigenvalue weighted by Crippen LogP contribution is 2.05. The maximum atomic E-state index is 11.8. The zero-order valence-corrected chi connectivity index (χ0v) is 10.3. The van der Waals surface area contributed by atoms with Crippen LogP contribution in [0.15, 0.2) is 0 Å². The molecular weight excluding hydrogens is 224 g/mol. The number of rotatable bonds is 5. The van der Waals surface area contributed by atoms with Crippen LogP contribution in [0.2, 0.25) is 0 Å². The van der Waals surface area contributed by atoms with Gasteiger partial charge in [-0.1, -0.05) is 5.92 Å². The number of carbonyl (C=O) groups excluding carboxylic acids is 1. The summed E-state index contributed by atoms with van der Waals surface area (Å²) in [6.45, 7) is 2.66. The topological polar surface area (TPSA) is 81.1 Å². The number of nitrogens with zero attached hydrogens (tertiary/aromatic N) is 2. The van der Waals surface area contributed by atoms with Crippen LogP contribution in [0.25, 0.3) is 0 Å². The largest absolute Gasteiger partial charge is 0.480 e. The van der Waals surface area contributed by atoms with Gasteiger partial charge < -0.3 is 20.0 Å². The predicted octanol–water partition coefficient (Wildman–Crippen LogP) is -0.171. The van der Waals surface area contributed by atoms with Crippen molar-refractivity contribution in [2.24, 2.45) is 0 Å². The number of urea groups is 1. The Morgan fingerprint density at radius 1 is 1.41 bits per heavy atom. The lowest BCUT2D eigenvalue weighted by molar-refractivity contribution is -0.137. The van der Waals surface area contributed by atoms with Gasteiger partial charge in [-0.05, 0) is 13.8 Å². The molecule has 2 amide bonds. The van der Waals surface area contributed by atoms with Crippen molar-refractivity contribution >= 4 is 12.0 Å². The molecule has 0 saturated heterocycles. The van der Waals surface area contributed by atoms with E-state index in [4.69, 9.17) is 11.5 Å². The van der Waals surface area contributed by atoms with Crippen molar-refractivity contribution in [2.75, 3.05) is 26.7 Å². The van der Waals surface area contributed by atoms with Crippen molar-refractivity contribution in [3.05, 3.63) is 0 Å². The van der Waals surface area contributed by atoms with Gasteiger partial charge >= 0.3 is 12.0 Å². The van der Waals surface area contributed by atoms with Crippen LogP contribution in [0.4, 0.5) is 4.79 Å². The third kappa shape index (κ3) is 6.43. The Kier molecular flexibility index (Phi) is 5.48. The first-order valence-electron chi connectivity index (χ1n) is 5.05. The molecule has 6 heteroatoms. The molecule has 17 heavy (non-hydrogen) atoms. The highest BCUT2D eigenvalue weighted by molar-refractivity contribution is 5.80. The van der Waals surface area contributed by atoms with E-state index in [2.05, 4.69) is 5.92 Å². The van der Waals surface area contributed by atoms with Crippen LogP contribution in [0.1, 0.15) is 13.8 Å². The number of terminal acetylenes is 1. The molecule has 0 unspecified atom stereocenters. The molecule has 0 aliphatic rings. The number of aliphatic carboxylic acids is 1. The molecule has 0 spiro atoms. The minimum Gasteiger partial charge on any atom is -0.480 e. The van der Waals surface area contributed by atoms with Gasteiger partial charge in [-0.25, -0.2) is 4.79 Å². The van der Waals surface area contributed by atoms with E-state index in [1.54, 1.807) is 13.8 Å². The standard InChI is InChI=1S/C11H18N2O4/c1-5-6-13(7-9(14)15)10(16)12(4)8-11(2,3)17/h1,17H,6-8H2,2-4H3,(H,14,15). The summed E-state index contributed by atoms with van der Waals surface area (Å²) in [7, 11) is 1.48. The molecule has 0 atom stereocenters. The molecule has 0 aromatic carbocycles. The van der Waals surface area contributed by atoms with Gasteiger partial charge in [0.05, 0.1) is 18.7 Å². The smallest absolute Gasteiger partial charge is 0.323 e. The lowest BCUT2D eigenvalue weighted by Crippen LogP contribution is -2.48. The van der Waals surface area contributed by atoms with Crippen LogP contribution in [-0.2, 0) is 4.79 Å². The average Bonchev–Trinajstić information content (AvgIpc) is 2.12. The molecule has 0 saturated carbocycles. The zero-order chi connectivity index (χ0) is 13.6. The van der Waals surface area contributed by atoms with Crippen molar-refractivity contribution in [1.82, 2.24) is 9.80 Å². The Labute approximate surface area is 101 Å². The van der Waals surface area contributed by atoms with Crippen molar-refractivity contribution < 1.29 is 19.8 Å². The molecule has 96 valence electrons. The number of carboxylic acids is 1. The number of hydrogen-bond donors (Lipinski definition) is 2. The van der Waals surface area contributed by atoms with E-state index in [0.717, 1.165) is 4.90 Å². The summed E-state index contributed by atoms with van der Waals surface area (Å²) in [5.74, 6) is 1.09. The fraction of sp³-hybridized carbons (Fsp3) is 0.636. The van der Waals surface area contributed by atoms with Crippen molar-refractivity contribution in [3.8, 4) is 12.3 Å². The maximum Gasteiger partial charge on any atom is 0.323 e. The van der Waals surface area contributed by atoms with Crippen LogP contribution in [0.3, 0.4) is 0 Å². The minimum atomic E-state index is -1.13. The van der Waals surface area contributed by atoms with E-state index < -0.39 is 24.1 Å². The lowest BCUT2D eigenvalue weighted by atomic mass is 10.1. The van der Waals surface area contributed by atoms with Gasteiger partial charge in [0.1, 0.15) is 6.54 Å².